The van der Waals surface area contributed by atoms with Crippen LogP contribution < -0.4 is 0 Å². The van der Waals surface area contributed by atoms with Crippen LogP contribution in [0.1, 0.15) is 68.3 Å². The van der Waals surface area contributed by atoms with E-state index in [1.165, 1.54) is 0 Å². The highest BCUT2D eigenvalue weighted by Crippen LogP contribution is 2.56. The summed E-state index contributed by atoms with van der Waals surface area (Å²) in [5.41, 5.74) is 2.88. The predicted octanol–water partition coefficient (Wildman–Crippen LogP) is 5.18. The Kier molecular flexibility index (Phi) is 7.67. The van der Waals surface area contributed by atoms with E-state index in [9.17, 15) is 15.0 Å². The number of β-amino-alcohol motifs (C(OH)–C–C–N with tert-alkyl or cyclic N) is 1. The molecule has 1 unspecified atom stereocenters. The minimum atomic E-state index is -1.00. The average Bonchev–Trinajstić information content (AvgIpc) is 3.78. The first-order valence-corrected chi connectivity index (χ1v) is 15.8. The van der Waals surface area contributed by atoms with E-state index in [2.05, 4.69) is 48.2 Å². The topological polar surface area (TPSA) is 129 Å². The second-order valence-corrected chi connectivity index (χ2v) is 13.1. The van der Waals surface area contributed by atoms with Crippen LogP contribution in [0.25, 0.3) is 16.7 Å². The van der Waals surface area contributed by atoms with Crippen LogP contribution in [0.3, 0.4) is 0 Å². The molecule has 0 amide bonds. The van der Waals surface area contributed by atoms with Crippen molar-refractivity contribution in [1.29, 1.82) is 0 Å². The van der Waals surface area contributed by atoms with E-state index in [0.717, 1.165) is 49.1 Å². The number of likely N-dealkylation sites (tertiary alicyclic amines) is 2. The van der Waals surface area contributed by atoms with Crippen molar-refractivity contribution >= 4 is 22.6 Å². The maximum Gasteiger partial charge on any atom is 0.320 e. The number of nitrogens with zero attached hydrogens (tertiary/aromatic N) is 5. The summed E-state index contributed by atoms with van der Waals surface area (Å²) in [6.45, 7) is 7.41. The third kappa shape index (κ3) is 5.30. The fraction of sp³-hybridized carbons (Fsp3) is 0.429. The number of aromatic nitrogens is 3. The Bertz CT molecular complexity index is 1760. The highest BCUT2D eigenvalue weighted by molar-refractivity contribution is 5.78. The molecule has 0 saturated carbocycles. The molecule has 2 aliphatic heterocycles. The molecule has 0 spiro atoms. The van der Waals surface area contributed by atoms with Crippen LogP contribution in [-0.4, -0.2) is 72.9 Å². The van der Waals surface area contributed by atoms with Gasteiger partial charge in [-0.1, -0.05) is 80.1 Å². The molecule has 3 aliphatic rings. The van der Waals surface area contributed by atoms with Gasteiger partial charge in [0.2, 0.25) is 11.8 Å². The lowest BCUT2D eigenvalue weighted by Crippen LogP contribution is -2.45. The number of hydrogen-bond acceptors (Lipinski definition) is 9. The SMILES string of the molecule is CC1(C)C(c2ccccc2)=CC=CC1(c1noc(CN2CC[C@@H](O)C2)n1)c1nc2cc(CN3CCCC[C@H]3C(=O)O)ccc2o1. The summed E-state index contributed by atoms with van der Waals surface area (Å²) in [7, 11) is 0. The van der Waals surface area contributed by atoms with Crippen molar-refractivity contribution in [2.24, 2.45) is 5.41 Å². The van der Waals surface area contributed by atoms with Crippen LogP contribution in [0, 0.1) is 5.41 Å². The summed E-state index contributed by atoms with van der Waals surface area (Å²) in [6, 6.07) is 15.7. The number of allylic oxidation sites excluding steroid dienone is 4. The van der Waals surface area contributed by atoms with Gasteiger partial charge in [-0.3, -0.25) is 14.6 Å². The molecule has 10 heteroatoms. The van der Waals surface area contributed by atoms with E-state index in [0.29, 0.717) is 54.8 Å². The number of aliphatic carboxylic acids is 1. The van der Waals surface area contributed by atoms with Crippen LogP contribution in [0.15, 0.2) is 75.7 Å². The zero-order valence-electron chi connectivity index (χ0n) is 25.7. The minimum Gasteiger partial charge on any atom is -0.480 e. The lowest BCUT2D eigenvalue weighted by atomic mass is 9.57. The Labute approximate surface area is 262 Å². The van der Waals surface area contributed by atoms with Gasteiger partial charge in [0.1, 0.15) is 17.0 Å². The van der Waals surface area contributed by atoms with Gasteiger partial charge in [-0.25, -0.2) is 4.98 Å². The van der Waals surface area contributed by atoms with Crippen LogP contribution in [0.2, 0.25) is 0 Å². The second kappa shape index (κ2) is 11.7. The fourth-order valence-electron chi connectivity index (χ4n) is 7.34. The van der Waals surface area contributed by atoms with Gasteiger partial charge in [-0.2, -0.15) is 4.98 Å². The zero-order chi connectivity index (χ0) is 31.2. The number of rotatable bonds is 8. The summed E-state index contributed by atoms with van der Waals surface area (Å²) in [5, 5.41) is 24.3. The van der Waals surface area contributed by atoms with Gasteiger partial charge in [0.25, 0.3) is 0 Å². The van der Waals surface area contributed by atoms with Crippen molar-refractivity contribution in [1.82, 2.24) is 24.9 Å². The number of aliphatic hydroxyl groups is 1. The molecular weight excluding hydrogens is 570 g/mol. The quantitative estimate of drug-likeness (QED) is 0.276. The predicted molar refractivity (Wildman–Crippen MR) is 168 cm³/mol. The minimum absolute atomic E-state index is 0.341. The van der Waals surface area contributed by atoms with Crippen LogP contribution in [0.4, 0.5) is 0 Å². The number of piperidine rings is 1. The molecule has 7 rings (SSSR count). The first kappa shape index (κ1) is 29.6. The highest BCUT2D eigenvalue weighted by atomic mass is 16.5. The molecule has 2 N–H and O–H groups in total. The number of carboxylic acids is 1. The van der Waals surface area contributed by atoms with Crippen molar-refractivity contribution in [3.05, 3.63) is 95.5 Å². The van der Waals surface area contributed by atoms with Gasteiger partial charge in [0.05, 0.1) is 12.6 Å². The van der Waals surface area contributed by atoms with Crippen molar-refractivity contribution in [2.75, 3.05) is 19.6 Å². The van der Waals surface area contributed by atoms with Crippen molar-refractivity contribution in [3.8, 4) is 0 Å². The van der Waals surface area contributed by atoms with Crippen molar-refractivity contribution in [2.45, 2.75) is 70.2 Å². The molecule has 0 radical (unpaired) electrons. The van der Waals surface area contributed by atoms with E-state index in [1.54, 1.807) is 0 Å². The standard InChI is InChI=1S/C35H39N5O5/c1-34(2)26(24-9-4-3-5-10-24)11-8-16-35(34,32-37-30(45-38-32)22-39-18-15-25(41)21-39)33-36-27-19-23(13-14-29(27)44-33)20-40-17-7-6-12-28(40)31(42)43/h3-5,8-11,13-14,16,19,25,28,41H,6-7,12,15,17-18,20-22H2,1-2H3,(H,42,43)/t25-,28+,35?/m1/s1. The Balaban J connectivity index is 1.29. The van der Waals surface area contributed by atoms with Gasteiger partial charge in [-0.05, 0) is 54.6 Å². The summed E-state index contributed by atoms with van der Waals surface area (Å²) >= 11 is 0. The van der Waals surface area contributed by atoms with Crippen molar-refractivity contribution < 1.29 is 23.9 Å². The first-order valence-electron chi connectivity index (χ1n) is 15.8. The molecule has 1 aliphatic carbocycles. The molecule has 2 saturated heterocycles. The summed E-state index contributed by atoms with van der Waals surface area (Å²) < 4.78 is 12.4. The number of carboxylic acid groups (broad SMARTS) is 1. The van der Waals surface area contributed by atoms with E-state index in [-0.39, 0.29) is 6.10 Å². The van der Waals surface area contributed by atoms with Crippen LogP contribution in [0.5, 0.6) is 0 Å². The molecule has 0 bridgehead atoms. The Morgan fingerprint density at radius 1 is 1.04 bits per heavy atom. The number of aliphatic hydroxyl groups excluding tert-OH is 1. The normalized spacial score (nSPS) is 25.5. The molecule has 4 heterocycles. The number of fused-ring (bicyclic) bond motifs is 1. The summed E-state index contributed by atoms with van der Waals surface area (Å²) in [4.78, 5) is 26.1. The van der Waals surface area contributed by atoms with E-state index < -0.39 is 22.8 Å². The first-order chi connectivity index (χ1) is 21.7. The Hall–Kier alpha value is -4.12. The molecule has 10 nitrogen and oxygen atoms in total. The Morgan fingerprint density at radius 2 is 1.89 bits per heavy atom. The molecule has 3 atom stereocenters. The van der Waals surface area contributed by atoms with Gasteiger partial charge in [0, 0.05) is 25.0 Å². The number of oxazole rings is 1. The molecule has 2 aromatic heterocycles. The van der Waals surface area contributed by atoms with E-state index in [1.807, 2.05) is 47.4 Å². The lowest BCUT2D eigenvalue weighted by molar-refractivity contribution is -0.144. The van der Waals surface area contributed by atoms with Gasteiger partial charge in [0.15, 0.2) is 11.4 Å². The number of hydrogen-bond donors (Lipinski definition) is 2. The third-order valence-corrected chi connectivity index (χ3v) is 9.85. The Morgan fingerprint density at radius 3 is 2.67 bits per heavy atom. The molecule has 2 fully saturated rings. The van der Waals surface area contributed by atoms with Crippen LogP contribution >= 0.6 is 0 Å². The number of carbonyl (C=O) groups is 1. The smallest absolute Gasteiger partial charge is 0.320 e. The highest BCUT2D eigenvalue weighted by Gasteiger charge is 2.56. The van der Waals surface area contributed by atoms with Gasteiger partial charge < -0.3 is 19.2 Å². The molecule has 4 aromatic rings. The maximum atomic E-state index is 11.9. The summed E-state index contributed by atoms with van der Waals surface area (Å²) in [6.07, 6.45) is 9.18. The molecule has 45 heavy (non-hydrogen) atoms. The largest absolute Gasteiger partial charge is 0.480 e. The summed E-state index contributed by atoms with van der Waals surface area (Å²) in [5.74, 6) is 0.633. The third-order valence-electron chi connectivity index (χ3n) is 9.85. The van der Waals surface area contributed by atoms with Crippen molar-refractivity contribution in [3.63, 3.8) is 0 Å². The number of benzene rings is 2. The van der Waals surface area contributed by atoms with E-state index >= 15 is 0 Å². The van der Waals surface area contributed by atoms with Gasteiger partial charge in [-0.15, -0.1) is 0 Å². The lowest BCUT2D eigenvalue weighted by Gasteiger charge is -2.44. The average molecular weight is 610 g/mol. The fourth-order valence-corrected chi connectivity index (χ4v) is 7.34. The molecule has 2 aromatic carbocycles. The zero-order valence-corrected chi connectivity index (χ0v) is 25.7. The van der Waals surface area contributed by atoms with Gasteiger partial charge >= 0.3 is 5.97 Å². The van der Waals surface area contributed by atoms with Crippen LogP contribution in [-0.2, 0) is 23.3 Å². The molecule has 234 valence electrons. The van der Waals surface area contributed by atoms with E-state index in [4.69, 9.17) is 18.9 Å². The monoisotopic (exact) mass is 609 g/mol. The molecular formula is C35H39N5O5. The second-order valence-electron chi connectivity index (χ2n) is 13.1. The maximum absolute atomic E-state index is 11.9.